The number of hydrogen-bond acceptors (Lipinski definition) is 5. The lowest BCUT2D eigenvalue weighted by atomic mass is 10.1. The smallest absolute Gasteiger partial charge is 0.270 e. The normalized spacial score (nSPS) is 10.2. The standard InChI is InChI=1S/C17H12N4O4/c22-16-8-7-15(19-20-16)11-3-1-5-13(9-11)18-17(23)12-4-2-6-14(10-12)21(24)25/h1-10H,(H,18,23)(H,20,22). The van der Waals surface area contributed by atoms with E-state index in [2.05, 4.69) is 15.5 Å². The molecular weight excluding hydrogens is 324 g/mol. The summed E-state index contributed by atoms with van der Waals surface area (Å²) in [5.74, 6) is -0.463. The predicted molar refractivity (Wildman–Crippen MR) is 91.3 cm³/mol. The highest BCUT2D eigenvalue weighted by Crippen LogP contribution is 2.21. The largest absolute Gasteiger partial charge is 0.322 e. The second-order valence-corrected chi connectivity index (χ2v) is 5.15. The lowest BCUT2D eigenvalue weighted by molar-refractivity contribution is -0.384. The minimum Gasteiger partial charge on any atom is -0.322 e. The van der Waals surface area contributed by atoms with Gasteiger partial charge in [0.25, 0.3) is 17.2 Å². The maximum absolute atomic E-state index is 12.3. The van der Waals surface area contributed by atoms with Gasteiger partial charge in [-0.05, 0) is 24.3 Å². The predicted octanol–water partition coefficient (Wildman–Crippen LogP) is 2.60. The van der Waals surface area contributed by atoms with Crippen molar-refractivity contribution in [2.75, 3.05) is 5.32 Å². The zero-order chi connectivity index (χ0) is 17.8. The molecule has 3 rings (SSSR count). The average Bonchev–Trinajstić information content (AvgIpc) is 2.62. The number of nitro benzene ring substituents is 1. The minimum absolute atomic E-state index is 0.154. The number of nitrogens with zero attached hydrogens (tertiary/aromatic N) is 2. The van der Waals surface area contributed by atoms with Crippen LogP contribution in [0.5, 0.6) is 0 Å². The van der Waals surface area contributed by atoms with Gasteiger partial charge in [-0.1, -0.05) is 18.2 Å². The van der Waals surface area contributed by atoms with Crippen molar-refractivity contribution in [1.29, 1.82) is 0 Å². The van der Waals surface area contributed by atoms with Gasteiger partial charge >= 0.3 is 0 Å². The molecule has 0 spiro atoms. The molecule has 0 aliphatic carbocycles. The first-order valence-corrected chi connectivity index (χ1v) is 7.25. The number of nitrogens with one attached hydrogen (secondary N) is 2. The van der Waals surface area contributed by atoms with Gasteiger partial charge in [0, 0.05) is 35.0 Å². The van der Waals surface area contributed by atoms with E-state index in [0.717, 1.165) is 0 Å². The molecule has 0 atom stereocenters. The summed E-state index contributed by atoms with van der Waals surface area (Å²) >= 11 is 0. The van der Waals surface area contributed by atoms with Crippen molar-refractivity contribution in [3.63, 3.8) is 0 Å². The Morgan fingerprint density at radius 3 is 2.60 bits per heavy atom. The van der Waals surface area contributed by atoms with E-state index in [4.69, 9.17) is 0 Å². The number of H-pyrrole nitrogens is 1. The molecule has 8 heteroatoms. The molecule has 3 aromatic rings. The van der Waals surface area contributed by atoms with Crippen molar-refractivity contribution in [1.82, 2.24) is 10.2 Å². The number of aromatic amines is 1. The summed E-state index contributed by atoms with van der Waals surface area (Å²) in [5.41, 5.74) is 1.47. The second kappa shape index (κ2) is 6.75. The zero-order valence-electron chi connectivity index (χ0n) is 12.8. The van der Waals surface area contributed by atoms with E-state index in [-0.39, 0.29) is 16.8 Å². The van der Waals surface area contributed by atoms with Crippen LogP contribution < -0.4 is 10.9 Å². The Kier molecular flexibility index (Phi) is 4.34. The molecule has 0 unspecified atom stereocenters. The maximum Gasteiger partial charge on any atom is 0.270 e. The van der Waals surface area contributed by atoms with E-state index >= 15 is 0 Å². The van der Waals surface area contributed by atoms with Crippen LogP contribution in [-0.2, 0) is 0 Å². The molecule has 0 radical (unpaired) electrons. The molecule has 2 aromatic carbocycles. The molecule has 0 saturated heterocycles. The lowest BCUT2D eigenvalue weighted by Gasteiger charge is -2.07. The highest BCUT2D eigenvalue weighted by Gasteiger charge is 2.12. The van der Waals surface area contributed by atoms with Crippen LogP contribution in [0, 0.1) is 10.1 Å². The number of amides is 1. The summed E-state index contributed by atoms with van der Waals surface area (Å²) in [6, 6.07) is 15.3. The van der Waals surface area contributed by atoms with E-state index in [0.29, 0.717) is 16.9 Å². The highest BCUT2D eigenvalue weighted by atomic mass is 16.6. The Morgan fingerprint density at radius 2 is 1.88 bits per heavy atom. The van der Waals surface area contributed by atoms with Crippen LogP contribution in [-0.4, -0.2) is 21.0 Å². The van der Waals surface area contributed by atoms with Gasteiger partial charge < -0.3 is 5.32 Å². The van der Waals surface area contributed by atoms with Gasteiger partial charge in [-0.3, -0.25) is 19.7 Å². The van der Waals surface area contributed by atoms with Gasteiger partial charge in [0.05, 0.1) is 10.6 Å². The molecule has 0 aliphatic heterocycles. The molecule has 0 saturated carbocycles. The molecule has 25 heavy (non-hydrogen) atoms. The third kappa shape index (κ3) is 3.75. The number of benzene rings is 2. The minimum atomic E-state index is -0.556. The first-order chi connectivity index (χ1) is 12.0. The monoisotopic (exact) mass is 336 g/mol. The Labute approximate surface area is 141 Å². The number of non-ortho nitro benzene ring substituents is 1. The average molecular weight is 336 g/mol. The van der Waals surface area contributed by atoms with Crippen molar-refractivity contribution in [3.8, 4) is 11.3 Å². The molecule has 2 N–H and O–H groups in total. The van der Waals surface area contributed by atoms with Gasteiger partial charge in [-0.25, -0.2) is 5.10 Å². The topological polar surface area (TPSA) is 118 Å². The molecule has 0 aliphatic rings. The fraction of sp³-hybridized carbons (Fsp3) is 0. The van der Waals surface area contributed by atoms with Crippen molar-refractivity contribution in [3.05, 3.63) is 86.7 Å². The van der Waals surface area contributed by atoms with Crippen LogP contribution in [0.25, 0.3) is 11.3 Å². The van der Waals surface area contributed by atoms with E-state index in [1.807, 2.05) is 0 Å². The fourth-order valence-electron chi connectivity index (χ4n) is 2.23. The molecule has 0 bridgehead atoms. The maximum atomic E-state index is 12.3. The second-order valence-electron chi connectivity index (χ2n) is 5.15. The summed E-state index contributed by atoms with van der Waals surface area (Å²) < 4.78 is 0. The number of aromatic nitrogens is 2. The Hall–Kier alpha value is -3.81. The highest BCUT2D eigenvalue weighted by molar-refractivity contribution is 6.04. The Bertz CT molecular complexity index is 993. The SMILES string of the molecule is O=C(Nc1cccc(-c2ccc(=O)[nH]n2)c1)c1cccc([N+](=O)[O-])c1. The summed E-state index contributed by atoms with van der Waals surface area (Å²) in [4.78, 5) is 33.6. The fourth-order valence-corrected chi connectivity index (χ4v) is 2.23. The quantitative estimate of drug-likeness (QED) is 0.561. The van der Waals surface area contributed by atoms with Gasteiger partial charge in [-0.2, -0.15) is 5.10 Å². The third-order valence-electron chi connectivity index (χ3n) is 3.41. The van der Waals surface area contributed by atoms with Gasteiger partial charge in [-0.15, -0.1) is 0 Å². The molecular formula is C17H12N4O4. The number of nitro groups is 1. The van der Waals surface area contributed by atoms with E-state index in [1.54, 1.807) is 30.3 Å². The van der Waals surface area contributed by atoms with Crippen LogP contribution >= 0.6 is 0 Å². The van der Waals surface area contributed by atoms with Gasteiger partial charge in [0.2, 0.25) is 0 Å². The van der Waals surface area contributed by atoms with E-state index in [1.165, 1.54) is 30.3 Å². The van der Waals surface area contributed by atoms with Crippen LogP contribution in [0.1, 0.15) is 10.4 Å². The molecule has 1 heterocycles. The van der Waals surface area contributed by atoms with Crippen LogP contribution in [0.2, 0.25) is 0 Å². The molecule has 1 amide bonds. The first kappa shape index (κ1) is 16.1. The number of hydrogen-bond donors (Lipinski definition) is 2. The Morgan fingerprint density at radius 1 is 1.08 bits per heavy atom. The van der Waals surface area contributed by atoms with Crippen molar-refractivity contribution in [2.45, 2.75) is 0 Å². The Balaban J connectivity index is 1.83. The summed E-state index contributed by atoms with van der Waals surface area (Å²) in [5, 5.41) is 19.8. The summed E-state index contributed by atoms with van der Waals surface area (Å²) in [6.07, 6.45) is 0. The first-order valence-electron chi connectivity index (χ1n) is 7.25. The van der Waals surface area contributed by atoms with Crippen LogP contribution in [0.4, 0.5) is 11.4 Å². The molecule has 8 nitrogen and oxygen atoms in total. The zero-order valence-corrected chi connectivity index (χ0v) is 12.8. The summed E-state index contributed by atoms with van der Waals surface area (Å²) in [7, 11) is 0. The molecule has 0 fully saturated rings. The number of carbonyl (C=O) groups is 1. The van der Waals surface area contributed by atoms with Crippen LogP contribution in [0.3, 0.4) is 0 Å². The van der Waals surface area contributed by atoms with E-state index in [9.17, 15) is 19.7 Å². The number of rotatable bonds is 4. The van der Waals surface area contributed by atoms with Crippen molar-refractivity contribution >= 4 is 17.3 Å². The van der Waals surface area contributed by atoms with Gasteiger partial charge in [0.15, 0.2) is 0 Å². The summed E-state index contributed by atoms with van der Waals surface area (Å²) in [6.45, 7) is 0. The lowest BCUT2D eigenvalue weighted by Crippen LogP contribution is -2.12. The van der Waals surface area contributed by atoms with Crippen LogP contribution in [0.15, 0.2) is 65.5 Å². The number of carbonyl (C=O) groups excluding carboxylic acids is 1. The molecule has 124 valence electrons. The third-order valence-corrected chi connectivity index (χ3v) is 3.41. The van der Waals surface area contributed by atoms with Crippen molar-refractivity contribution < 1.29 is 9.72 Å². The van der Waals surface area contributed by atoms with Crippen molar-refractivity contribution in [2.24, 2.45) is 0 Å². The van der Waals surface area contributed by atoms with E-state index < -0.39 is 10.8 Å². The number of anilines is 1. The van der Waals surface area contributed by atoms with Gasteiger partial charge in [0.1, 0.15) is 0 Å². The molecule has 1 aromatic heterocycles.